The van der Waals surface area contributed by atoms with Crippen molar-refractivity contribution < 1.29 is 33.6 Å². The lowest BCUT2D eigenvalue weighted by Gasteiger charge is -2.62. The number of methoxy groups -OCH3 is 1. The van der Waals surface area contributed by atoms with Crippen LogP contribution in [-0.2, 0) is 18.9 Å². The second-order valence-corrected chi connectivity index (χ2v) is 9.50. The van der Waals surface area contributed by atoms with Crippen molar-refractivity contribution >= 4 is 0 Å². The van der Waals surface area contributed by atoms with Gasteiger partial charge in [-0.25, -0.2) is 0 Å². The largest absolute Gasteiger partial charge is 0.472 e. The topological polar surface area (TPSA) is 93.8 Å². The molecule has 1 aromatic heterocycles. The van der Waals surface area contributed by atoms with Gasteiger partial charge in [0.05, 0.1) is 37.3 Å². The zero-order valence-corrected chi connectivity index (χ0v) is 16.3. The molecule has 3 saturated heterocycles. The molecule has 4 heterocycles. The molecule has 28 heavy (non-hydrogen) atoms. The van der Waals surface area contributed by atoms with Crippen molar-refractivity contribution in [2.45, 2.75) is 62.5 Å². The molecule has 9 atom stereocenters. The lowest BCUT2D eigenvalue weighted by Crippen LogP contribution is -2.72. The standard InChI is InChI=1S/C21H28O7/c1-12-19(8-14(28-17(19)24-2)13-5-7-25-9-13)15-4-3-6-18(10-26-18)20(15)11-27-21(12,23)16(20)22/h5,7,9,12,14-17,22-23H,3-4,6,8,10-11H2,1-2H3/t12-,14+,15+,16+,17+,18-,19+,20-,21-/m0/s1. The third-order valence-electron chi connectivity index (χ3n) is 8.93. The minimum absolute atomic E-state index is 0.0749. The number of fused-ring (bicyclic) bond motifs is 2. The molecule has 0 amide bonds. The maximum atomic E-state index is 11.6. The van der Waals surface area contributed by atoms with Gasteiger partial charge in [-0.2, -0.15) is 0 Å². The van der Waals surface area contributed by atoms with Crippen molar-refractivity contribution in [1.82, 2.24) is 0 Å². The number of aliphatic hydroxyl groups excluding tert-OH is 1. The van der Waals surface area contributed by atoms with E-state index in [9.17, 15) is 10.2 Å². The van der Waals surface area contributed by atoms with Gasteiger partial charge in [-0.1, -0.05) is 13.3 Å². The van der Waals surface area contributed by atoms with Gasteiger partial charge < -0.3 is 33.6 Å². The van der Waals surface area contributed by atoms with Crippen LogP contribution in [0, 0.1) is 22.7 Å². The SMILES string of the molecule is CO[C@@H]1O[C@@H](c2ccoc2)C[C@]12[C@H](C)[C@]1(O)OC[C@]3([C@@H]2CCC[C@]32CO2)[C@H]1O. The van der Waals surface area contributed by atoms with E-state index >= 15 is 0 Å². The van der Waals surface area contributed by atoms with Crippen LogP contribution in [0.2, 0.25) is 0 Å². The molecular weight excluding hydrogens is 364 g/mol. The minimum Gasteiger partial charge on any atom is -0.472 e. The van der Waals surface area contributed by atoms with E-state index in [1.807, 2.05) is 13.0 Å². The van der Waals surface area contributed by atoms with E-state index in [1.165, 1.54) is 0 Å². The summed E-state index contributed by atoms with van der Waals surface area (Å²) in [6.45, 7) is 2.91. The summed E-state index contributed by atoms with van der Waals surface area (Å²) in [6, 6.07) is 1.92. The van der Waals surface area contributed by atoms with Gasteiger partial charge in [0.1, 0.15) is 11.7 Å². The lowest BCUT2D eigenvalue weighted by molar-refractivity contribution is -0.328. The van der Waals surface area contributed by atoms with Crippen LogP contribution >= 0.6 is 0 Å². The van der Waals surface area contributed by atoms with Gasteiger partial charge in [-0.3, -0.25) is 0 Å². The summed E-state index contributed by atoms with van der Waals surface area (Å²) in [5, 5.41) is 23.0. The molecule has 0 unspecified atom stereocenters. The Morgan fingerprint density at radius 2 is 2.07 bits per heavy atom. The summed E-state index contributed by atoms with van der Waals surface area (Å²) >= 11 is 0. The third kappa shape index (κ3) is 1.75. The van der Waals surface area contributed by atoms with E-state index in [0.29, 0.717) is 19.6 Å². The summed E-state index contributed by atoms with van der Waals surface area (Å²) < 4.78 is 29.6. The highest BCUT2D eigenvalue weighted by Crippen LogP contribution is 2.76. The fourth-order valence-corrected chi connectivity index (χ4v) is 7.49. The zero-order valence-electron chi connectivity index (χ0n) is 16.3. The molecule has 5 aliphatic rings. The first-order valence-corrected chi connectivity index (χ1v) is 10.3. The molecule has 2 bridgehead atoms. The van der Waals surface area contributed by atoms with Crippen LogP contribution in [-0.4, -0.2) is 54.3 Å². The van der Waals surface area contributed by atoms with Gasteiger partial charge in [0.2, 0.25) is 0 Å². The Hall–Kier alpha value is -0.960. The quantitative estimate of drug-likeness (QED) is 0.744. The van der Waals surface area contributed by atoms with Crippen LogP contribution in [0.3, 0.4) is 0 Å². The molecule has 6 rings (SSSR count). The summed E-state index contributed by atoms with van der Waals surface area (Å²) in [7, 11) is 1.66. The van der Waals surface area contributed by atoms with Crippen LogP contribution < -0.4 is 0 Å². The van der Waals surface area contributed by atoms with Gasteiger partial charge in [-0.15, -0.1) is 0 Å². The highest BCUT2D eigenvalue weighted by Gasteiger charge is 2.84. The number of furan rings is 1. The molecular formula is C21H28O7. The number of ether oxygens (including phenoxy) is 4. The van der Waals surface area contributed by atoms with Crippen LogP contribution in [0.1, 0.15) is 44.3 Å². The second-order valence-electron chi connectivity index (χ2n) is 9.50. The molecule has 1 aromatic rings. The Balaban J connectivity index is 1.52. The zero-order chi connectivity index (χ0) is 19.4. The smallest absolute Gasteiger partial charge is 0.196 e. The van der Waals surface area contributed by atoms with E-state index in [-0.39, 0.29) is 17.9 Å². The predicted molar refractivity (Wildman–Crippen MR) is 94.9 cm³/mol. The van der Waals surface area contributed by atoms with Crippen molar-refractivity contribution in [2.24, 2.45) is 22.7 Å². The third-order valence-corrected chi connectivity index (χ3v) is 8.93. The van der Waals surface area contributed by atoms with E-state index < -0.39 is 34.6 Å². The van der Waals surface area contributed by atoms with Gasteiger partial charge in [0.25, 0.3) is 0 Å². The Kier molecular flexibility index (Phi) is 3.44. The molecule has 7 heteroatoms. The molecule has 5 fully saturated rings. The van der Waals surface area contributed by atoms with Gasteiger partial charge in [0.15, 0.2) is 12.1 Å². The highest BCUT2D eigenvalue weighted by molar-refractivity contribution is 5.29. The predicted octanol–water partition coefficient (Wildman–Crippen LogP) is 1.98. The van der Waals surface area contributed by atoms with Crippen molar-refractivity contribution in [2.75, 3.05) is 20.3 Å². The number of hydrogen-bond acceptors (Lipinski definition) is 7. The van der Waals surface area contributed by atoms with Crippen molar-refractivity contribution in [3.8, 4) is 0 Å². The minimum atomic E-state index is -1.63. The van der Waals surface area contributed by atoms with E-state index in [0.717, 1.165) is 24.8 Å². The molecule has 3 spiro atoms. The molecule has 2 aliphatic carbocycles. The average molecular weight is 392 g/mol. The Labute approximate surface area is 163 Å². The second kappa shape index (κ2) is 5.39. The van der Waals surface area contributed by atoms with E-state index in [4.69, 9.17) is 23.4 Å². The maximum Gasteiger partial charge on any atom is 0.196 e. The van der Waals surface area contributed by atoms with E-state index in [1.54, 1.807) is 19.6 Å². The summed E-state index contributed by atoms with van der Waals surface area (Å²) in [5.74, 6) is -1.91. The summed E-state index contributed by atoms with van der Waals surface area (Å²) in [5.41, 5.74) is -0.544. The monoisotopic (exact) mass is 392 g/mol. The van der Waals surface area contributed by atoms with E-state index in [2.05, 4.69) is 0 Å². The molecule has 3 aliphatic heterocycles. The van der Waals surface area contributed by atoms with Crippen LogP contribution in [0.5, 0.6) is 0 Å². The fraction of sp³-hybridized carbons (Fsp3) is 0.810. The number of rotatable bonds is 2. The lowest BCUT2D eigenvalue weighted by atomic mass is 9.42. The maximum absolute atomic E-state index is 11.6. The number of epoxide rings is 1. The number of aliphatic hydroxyl groups is 2. The van der Waals surface area contributed by atoms with Gasteiger partial charge >= 0.3 is 0 Å². The average Bonchev–Trinajstić information content (AvgIpc) is 3.09. The normalized spacial score (nSPS) is 57.1. The van der Waals surface area contributed by atoms with Crippen molar-refractivity contribution in [3.05, 3.63) is 24.2 Å². The Morgan fingerprint density at radius 1 is 1.25 bits per heavy atom. The van der Waals surface area contributed by atoms with Crippen molar-refractivity contribution in [1.29, 1.82) is 0 Å². The number of hydrogen-bond donors (Lipinski definition) is 2. The first kappa shape index (κ1) is 17.9. The fourth-order valence-electron chi connectivity index (χ4n) is 7.49. The first-order chi connectivity index (χ1) is 13.4. The Morgan fingerprint density at radius 3 is 2.75 bits per heavy atom. The summed E-state index contributed by atoms with van der Waals surface area (Å²) in [4.78, 5) is 0. The molecule has 0 radical (unpaired) electrons. The Bertz CT molecular complexity index is 776. The molecule has 2 N–H and O–H groups in total. The van der Waals surface area contributed by atoms with Crippen LogP contribution in [0.15, 0.2) is 23.0 Å². The molecule has 154 valence electrons. The van der Waals surface area contributed by atoms with Crippen LogP contribution in [0.4, 0.5) is 0 Å². The van der Waals surface area contributed by atoms with Crippen molar-refractivity contribution in [3.63, 3.8) is 0 Å². The van der Waals surface area contributed by atoms with Gasteiger partial charge in [-0.05, 0) is 31.2 Å². The van der Waals surface area contributed by atoms with Gasteiger partial charge in [0, 0.05) is 24.0 Å². The summed E-state index contributed by atoms with van der Waals surface area (Å²) in [6.07, 6.45) is 5.25. The molecule has 2 saturated carbocycles. The highest BCUT2D eigenvalue weighted by atomic mass is 16.7. The molecule has 0 aromatic carbocycles. The first-order valence-electron chi connectivity index (χ1n) is 10.3. The molecule has 7 nitrogen and oxygen atoms in total. The van der Waals surface area contributed by atoms with Crippen LogP contribution in [0.25, 0.3) is 0 Å².